The maximum absolute atomic E-state index is 12.3. The number of hydrogen-bond acceptors (Lipinski definition) is 4. The number of fused-ring (bicyclic) bond motifs is 1. The summed E-state index contributed by atoms with van der Waals surface area (Å²) in [6, 6.07) is 10.2. The van der Waals surface area contributed by atoms with Crippen molar-refractivity contribution in [3.05, 3.63) is 58.1 Å². The van der Waals surface area contributed by atoms with Crippen LogP contribution in [0.5, 0.6) is 0 Å². The summed E-state index contributed by atoms with van der Waals surface area (Å²) in [6.45, 7) is 4.38. The molecule has 1 N–H and O–H groups in total. The average Bonchev–Trinajstić information content (AvgIpc) is 2.98. The second-order valence-corrected chi connectivity index (χ2v) is 6.81. The molecule has 140 valence electrons. The Bertz CT molecular complexity index is 904. The molecule has 0 atom stereocenters. The first-order valence-electron chi connectivity index (χ1n) is 8.98. The maximum atomic E-state index is 12.3. The van der Waals surface area contributed by atoms with Gasteiger partial charge in [-0.05, 0) is 55.3 Å². The molecular formula is C21H21ClN2O3. The summed E-state index contributed by atoms with van der Waals surface area (Å²) in [5.41, 5.74) is 3.62. The van der Waals surface area contributed by atoms with Crippen LogP contribution in [0.3, 0.4) is 0 Å². The minimum Gasteiger partial charge on any atom is -0.462 e. The number of benzene rings is 2. The average molecular weight is 385 g/mol. The van der Waals surface area contributed by atoms with Gasteiger partial charge in [-0.2, -0.15) is 0 Å². The molecule has 0 aliphatic carbocycles. The van der Waals surface area contributed by atoms with Crippen LogP contribution >= 0.6 is 11.6 Å². The van der Waals surface area contributed by atoms with Crippen molar-refractivity contribution in [3.63, 3.8) is 0 Å². The largest absolute Gasteiger partial charge is 0.462 e. The van der Waals surface area contributed by atoms with Gasteiger partial charge in [0, 0.05) is 10.6 Å². The van der Waals surface area contributed by atoms with Gasteiger partial charge >= 0.3 is 5.97 Å². The van der Waals surface area contributed by atoms with Crippen molar-refractivity contribution in [1.29, 1.82) is 0 Å². The first-order chi connectivity index (χ1) is 13.0. The highest BCUT2D eigenvalue weighted by Crippen LogP contribution is 2.33. The molecule has 0 fully saturated rings. The van der Waals surface area contributed by atoms with Crippen molar-refractivity contribution < 1.29 is 14.3 Å². The summed E-state index contributed by atoms with van der Waals surface area (Å²) < 4.78 is 5.24. The van der Waals surface area contributed by atoms with Crippen LogP contribution in [0, 0.1) is 6.92 Å². The highest BCUT2D eigenvalue weighted by molar-refractivity contribution is 6.54. The minimum atomic E-state index is -0.348. The summed E-state index contributed by atoms with van der Waals surface area (Å²) in [5.74, 6) is -0.616. The van der Waals surface area contributed by atoms with Crippen LogP contribution in [0.25, 0.3) is 0 Å². The van der Waals surface area contributed by atoms with Gasteiger partial charge in [0.2, 0.25) is 0 Å². The van der Waals surface area contributed by atoms with Crippen molar-refractivity contribution in [3.8, 4) is 0 Å². The SMILES string of the molecule is CCCCCOC(=O)c1ccc(N=C2C(=O)Nc3c2ccc(Cl)c3C)cc1. The zero-order valence-corrected chi connectivity index (χ0v) is 16.1. The molecule has 2 aromatic carbocycles. The highest BCUT2D eigenvalue weighted by Gasteiger charge is 2.28. The highest BCUT2D eigenvalue weighted by atomic mass is 35.5. The van der Waals surface area contributed by atoms with E-state index in [0.717, 1.165) is 30.4 Å². The van der Waals surface area contributed by atoms with E-state index in [-0.39, 0.29) is 11.9 Å². The van der Waals surface area contributed by atoms with Crippen LogP contribution in [-0.4, -0.2) is 24.2 Å². The normalized spacial score (nSPS) is 14.2. The summed E-state index contributed by atoms with van der Waals surface area (Å²) in [4.78, 5) is 28.7. The third-order valence-corrected chi connectivity index (χ3v) is 4.84. The molecule has 27 heavy (non-hydrogen) atoms. The predicted molar refractivity (Wildman–Crippen MR) is 107 cm³/mol. The van der Waals surface area contributed by atoms with Crippen LogP contribution in [0.2, 0.25) is 5.02 Å². The smallest absolute Gasteiger partial charge is 0.338 e. The fraction of sp³-hybridized carbons (Fsp3) is 0.286. The van der Waals surface area contributed by atoms with E-state index >= 15 is 0 Å². The fourth-order valence-electron chi connectivity index (χ4n) is 2.85. The Morgan fingerprint density at radius 1 is 1.15 bits per heavy atom. The Morgan fingerprint density at radius 3 is 2.59 bits per heavy atom. The van der Waals surface area contributed by atoms with Crippen LogP contribution < -0.4 is 5.32 Å². The number of unbranched alkanes of at least 4 members (excludes halogenated alkanes) is 2. The monoisotopic (exact) mass is 384 g/mol. The lowest BCUT2D eigenvalue weighted by molar-refractivity contribution is -0.110. The van der Waals surface area contributed by atoms with Gasteiger partial charge in [0.15, 0.2) is 0 Å². The molecule has 1 heterocycles. The van der Waals surface area contributed by atoms with Crippen molar-refractivity contribution in [2.45, 2.75) is 33.1 Å². The van der Waals surface area contributed by atoms with E-state index in [1.165, 1.54) is 0 Å². The Kier molecular flexibility index (Phi) is 5.91. The number of aliphatic imine (C=N–C) groups is 1. The van der Waals surface area contributed by atoms with Gasteiger partial charge in [-0.3, -0.25) is 4.79 Å². The van der Waals surface area contributed by atoms with Gasteiger partial charge < -0.3 is 10.1 Å². The lowest BCUT2D eigenvalue weighted by Crippen LogP contribution is -2.14. The molecule has 3 rings (SSSR count). The molecule has 0 saturated carbocycles. The zero-order chi connectivity index (χ0) is 19.4. The van der Waals surface area contributed by atoms with E-state index in [1.807, 2.05) is 6.92 Å². The molecule has 0 bridgehead atoms. The first-order valence-corrected chi connectivity index (χ1v) is 9.35. The number of nitrogens with zero attached hydrogens (tertiary/aromatic N) is 1. The van der Waals surface area contributed by atoms with Crippen molar-refractivity contribution in [1.82, 2.24) is 0 Å². The number of rotatable bonds is 6. The van der Waals surface area contributed by atoms with E-state index in [2.05, 4.69) is 17.2 Å². The molecule has 0 aromatic heterocycles. The molecule has 1 aliphatic rings. The quantitative estimate of drug-likeness (QED) is 0.558. The van der Waals surface area contributed by atoms with E-state index < -0.39 is 0 Å². The molecule has 0 saturated heterocycles. The van der Waals surface area contributed by atoms with Gasteiger partial charge in [-0.1, -0.05) is 31.4 Å². The van der Waals surface area contributed by atoms with Crippen LogP contribution in [0.1, 0.15) is 47.7 Å². The second kappa shape index (κ2) is 8.35. The Morgan fingerprint density at radius 2 is 1.89 bits per heavy atom. The number of carbonyl (C=O) groups excluding carboxylic acids is 2. The molecule has 1 aliphatic heterocycles. The lowest BCUT2D eigenvalue weighted by atomic mass is 10.1. The summed E-state index contributed by atoms with van der Waals surface area (Å²) in [7, 11) is 0. The number of hydrogen-bond donors (Lipinski definition) is 1. The number of carbonyl (C=O) groups is 2. The molecule has 1 amide bonds. The van der Waals surface area contributed by atoms with Crippen molar-refractivity contribution in [2.75, 3.05) is 11.9 Å². The maximum Gasteiger partial charge on any atom is 0.338 e. The van der Waals surface area contributed by atoms with Crippen LogP contribution in [0.15, 0.2) is 41.4 Å². The molecule has 2 aromatic rings. The summed E-state index contributed by atoms with van der Waals surface area (Å²) in [5, 5.41) is 3.41. The molecule has 0 unspecified atom stereocenters. The van der Waals surface area contributed by atoms with E-state index in [4.69, 9.17) is 16.3 Å². The number of anilines is 1. The van der Waals surface area contributed by atoms with Gasteiger partial charge in [0.05, 0.1) is 23.5 Å². The summed E-state index contributed by atoms with van der Waals surface area (Å²) in [6.07, 6.45) is 2.99. The number of esters is 1. The molecule has 0 radical (unpaired) electrons. The molecule has 0 spiro atoms. The predicted octanol–water partition coefficient (Wildman–Crippen LogP) is 5.07. The first kappa shape index (κ1) is 19.1. The topological polar surface area (TPSA) is 67.8 Å². The fourth-order valence-corrected chi connectivity index (χ4v) is 3.01. The number of halogens is 1. The standard InChI is InChI=1S/C21H21ClN2O3/c1-3-4-5-12-27-21(26)14-6-8-15(9-7-14)23-19-16-10-11-17(22)13(2)18(16)24-20(19)25/h6-11H,3-5,12H2,1-2H3,(H,23,24,25). The molecule has 5 nitrogen and oxygen atoms in total. The second-order valence-electron chi connectivity index (χ2n) is 6.40. The van der Waals surface area contributed by atoms with Gasteiger partial charge in [0.1, 0.15) is 5.71 Å². The third kappa shape index (κ3) is 4.19. The number of amides is 1. The number of nitrogens with one attached hydrogen (secondary N) is 1. The van der Waals surface area contributed by atoms with Gasteiger partial charge in [-0.25, -0.2) is 9.79 Å². The Balaban J connectivity index is 1.76. The Labute approximate surface area is 163 Å². The van der Waals surface area contributed by atoms with Crippen LogP contribution in [0.4, 0.5) is 11.4 Å². The van der Waals surface area contributed by atoms with Gasteiger partial charge in [-0.15, -0.1) is 0 Å². The van der Waals surface area contributed by atoms with Crippen molar-refractivity contribution >= 4 is 40.6 Å². The molecule has 6 heteroatoms. The molecular weight excluding hydrogens is 364 g/mol. The zero-order valence-electron chi connectivity index (χ0n) is 15.3. The lowest BCUT2D eigenvalue weighted by Gasteiger charge is -2.05. The Hall–Kier alpha value is -2.66. The van der Waals surface area contributed by atoms with Crippen molar-refractivity contribution in [2.24, 2.45) is 4.99 Å². The van der Waals surface area contributed by atoms with Gasteiger partial charge in [0.25, 0.3) is 5.91 Å². The van der Waals surface area contributed by atoms with Crippen LogP contribution in [-0.2, 0) is 9.53 Å². The summed E-state index contributed by atoms with van der Waals surface area (Å²) >= 11 is 6.11. The third-order valence-electron chi connectivity index (χ3n) is 4.43. The van der Waals surface area contributed by atoms with E-state index in [1.54, 1.807) is 36.4 Å². The van der Waals surface area contributed by atoms with E-state index in [9.17, 15) is 9.59 Å². The minimum absolute atomic E-state index is 0.269. The van der Waals surface area contributed by atoms with E-state index in [0.29, 0.717) is 34.3 Å². The number of ether oxygens (including phenoxy) is 1.